The second-order valence-corrected chi connectivity index (χ2v) is 5.37. The second-order valence-electron chi connectivity index (χ2n) is 4.75. The molecule has 100 valence electrons. The molecule has 1 N–H and O–H groups in total. The van der Waals surface area contributed by atoms with Crippen molar-refractivity contribution in [2.75, 3.05) is 0 Å². The van der Waals surface area contributed by atoms with E-state index >= 15 is 0 Å². The average Bonchev–Trinajstić information content (AvgIpc) is 2.39. The first kappa shape index (κ1) is 13.9. The number of allylic oxidation sites excluding steroid dienone is 4. The third-order valence-electron chi connectivity index (χ3n) is 3.19. The van der Waals surface area contributed by atoms with Gasteiger partial charge in [-0.15, -0.1) is 11.6 Å². The minimum absolute atomic E-state index is 0.000740. The molecule has 19 heavy (non-hydrogen) atoms. The molecule has 0 aromatic heterocycles. The van der Waals surface area contributed by atoms with Crippen LogP contribution < -0.4 is 0 Å². The summed E-state index contributed by atoms with van der Waals surface area (Å²) in [7, 11) is 0. The first-order valence-electron chi connectivity index (χ1n) is 6.46. The number of carboxylic acids is 1. The van der Waals surface area contributed by atoms with Gasteiger partial charge in [-0.25, -0.2) is 0 Å². The molecule has 0 aliphatic heterocycles. The molecule has 0 saturated carbocycles. The number of rotatable bonds is 5. The standard InChI is InChI=1S/C16H17ClO2/c17-15(11-16(18)19)10-12-6-8-14(9-7-12)13-4-2-1-3-5-13/h1-2,4,6-9,15H,3,5,10-11H2,(H,18,19). The van der Waals surface area contributed by atoms with Gasteiger partial charge in [0.1, 0.15) is 0 Å². The Morgan fingerprint density at radius 3 is 2.63 bits per heavy atom. The number of carbonyl (C=O) groups is 1. The van der Waals surface area contributed by atoms with Crippen LogP contribution in [0.25, 0.3) is 5.57 Å². The van der Waals surface area contributed by atoms with Crippen molar-refractivity contribution in [3.8, 4) is 0 Å². The maximum atomic E-state index is 10.6. The summed E-state index contributed by atoms with van der Waals surface area (Å²) in [5.41, 5.74) is 3.66. The number of aliphatic carboxylic acids is 1. The van der Waals surface area contributed by atoms with E-state index in [-0.39, 0.29) is 11.8 Å². The number of hydrogen-bond acceptors (Lipinski definition) is 1. The molecule has 0 spiro atoms. The van der Waals surface area contributed by atoms with Gasteiger partial charge < -0.3 is 5.11 Å². The Labute approximate surface area is 118 Å². The van der Waals surface area contributed by atoms with Gasteiger partial charge in [-0.1, -0.05) is 42.5 Å². The predicted octanol–water partition coefficient (Wildman–Crippen LogP) is 4.04. The van der Waals surface area contributed by atoms with Crippen LogP contribution in [0.5, 0.6) is 0 Å². The number of carboxylic acid groups (broad SMARTS) is 1. The molecule has 2 rings (SSSR count). The fourth-order valence-corrected chi connectivity index (χ4v) is 2.53. The molecule has 0 saturated heterocycles. The number of benzene rings is 1. The van der Waals surface area contributed by atoms with Crippen LogP contribution in [0.15, 0.2) is 42.5 Å². The van der Waals surface area contributed by atoms with Gasteiger partial charge in [0.05, 0.1) is 6.42 Å². The summed E-state index contributed by atoms with van der Waals surface area (Å²) in [6.07, 6.45) is 9.17. The Balaban J connectivity index is 2.00. The van der Waals surface area contributed by atoms with Crippen LogP contribution >= 0.6 is 11.6 Å². The number of hydrogen-bond donors (Lipinski definition) is 1. The predicted molar refractivity (Wildman–Crippen MR) is 78.4 cm³/mol. The Hall–Kier alpha value is -1.54. The Morgan fingerprint density at radius 2 is 2.05 bits per heavy atom. The zero-order chi connectivity index (χ0) is 13.7. The first-order valence-corrected chi connectivity index (χ1v) is 6.89. The molecule has 0 radical (unpaired) electrons. The highest BCUT2D eigenvalue weighted by Gasteiger charge is 2.11. The van der Waals surface area contributed by atoms with Crippen molar-refractivity contribution in [1.82, 2.24) is 0 Å². The molecule has 0 heterocycles. The average molecular weight is 277 g/mol. The minimum Gasteiger partial charge on any atom is -0.481 e. The van der Waals surface area contributed by atoms with E-state index in [1.165, 1.54) is 11.1 Å². The van der Waals surface area contributed by atoms with Crippen LogP contribution in [0.4, 0.5) is 0 Å². The van der Waals surface area contributed by atoms with E-state index in [0.717, 1.165) is 18.4 Å². The van der Waals surface area contributed by atoms with Crippen molar-refractivity contribution >= 4 is 23.1 Å². The van der Waals surface area contributed by atoms with Crippen molar-refractivity contribution in [2.45, 2.75) is 31.1 Å². The quantitative estimate of drug-likeness (QED) is 0.824. The van der Waals surface area contributed by atoms with Crippen LogP contribution in [0.1, 0.15) is 30.4 Å². The first-order chi connectivity index (χ1) is 9.15. The molecule has 1 aliphatic rings. The van der Waals surface area contributed by atoms with Gasteiger partial charge in [0, 0.05) is 5.38 Å². The largest absolute Gasteiger partial charge is 0.481 e. The van der Waals surface area contributed by atoms with E-state index < -0.39 is 5.97 Å². The van der Waals surface area contributed by atoms with Gasteiger partial charge in [-0.2, -0.15) is 0 Å². The van der Waals surface area contributed by atoms with Crippen molar-refractivity contribution in [3.05, 3.63) is 53.6 Å². The maximum absolute atomic E-state index is 10.6. The van der Waals surface area contributed by atoms with Crippen molar-refractivity contribution in [3.63, 3.8) is 0 Å². The van der Waals surface area contributed by atoms with Gasteiger partial charge in [-0.3, -0.25) is 4.79 Å². The van der Waals surface area contributed by atoms with E-state index in [4.69, 9.17) is 16.7 Å². The third-order valence-corrected chi connectivity index (χ3v) is 3.50. The molecule has 1 aromatic rings. The van der Waals surface area contributed by atoms with Gasteiger partial charge >= 0.3 is 5.97 Å². The number of alkyl halides is 1. The van der Waals surface area contributed by atoms with Crippen molar-refractivity contribution in [2.24, 2.45) is 0 Å². The lowest BCUT2D eigenvalue weighted by Crippen LogP contribution is -2.09. The molecule has 0 fully saturated rings. The minimum atomic E-state index is -0.851. The molecule has 2 nitrogen and oxygen atoms in total. The van der Waals surface area contributed by atoms with Gasteiger partial charge in [0.25, 0.3) is 0 Å². The summed E-state index contributed by atoms with van der Waals surface area (Å²) in [4.78, 5) is 10.6. The molecule has 1 aromatic carbocycles. The normalized spacial score (nSPS) is 15.9. The number of halogens is 1. The molecule has 0 amide bonds. The van der Waals surface area contributed by atoms with Crippen LogP contribution in [0, 0.1) is 0 Å². The lowest BCUT2D eigenvalue weighted by molar-refractivity contribution is -0.137. The highest BCUT2D eigenvalue weighted by Crippen LogP contribution is 2.24. The van der Waals surface area contributed by atoms with Crippen molar-refractivity contribution < 1.29 is 9.90 Å². The topological polar surface area (TPSA) is 37.3 Å². The monoisotopic (exact) mass is 276 g/mol. The lowest BCUT2D eigenvalue weighted by atomic mass is 9.96. The van der Waals surface area contributed by atoms with E-state index in [0.29, 0.717) is 6.42 Å². The summed E-state index contributed by atoms with van der Waals surface area (Å²) < 4.78 is 0. The Morgan fingerprint density at radius 1 is 1.32 bits per heavy atom. The van der Waals surface area contributed by atoms with Gasteiger partial charge in [0.15, 0.2) is 0 Å². The SMILES string of the molecule is O=C(O)CC(Cl)Cc1ccc(C2=CC=CCC2)cc1. The molecule has 0 bridgehead atoms. The van der Waals surface area contributed by atoms with E-state index in [2.05, 4.69) is 30.4 Å². The maximum Gasteiger partial charge on any atom is 0.304 e. The molecule has 3 heteroatoms. The third kappa shape index (κ3) is 4.25. The Kier molecular flexibility index (Phi) is 4.80. The van der Waals surface area contributed by atoms with Crippen LogP contribution in [-0.4, -0.2) is 16.5 Å². The molecular weight excluding hydrogens is 260 g/mol. The Bertz CT molecular complexity index is 500. The van der Waals surface area contributed by atoms with Crippen molar-refractivity contribution in [1.29, 1.82) is 0 Å². The zero-order valence-electron chi connectivity index (χ0n) is 10.7. The molecule has 1 unspecified atom stereocenters. The van der Waals surface area contributed by atoms with Gasteiger partial charge in [-0.05, 0) is 36.0 Å². The highest BCUT2D eigenvalue weighted by molar-refractivity contribution is 6.21. The van der Waals surface area contributed by atoms with Gasteiger partial charge in [0.2, 0.25) is 0 Å². The molecule has 1 atom stereocenters. The molecular formula is C16H17ClO2. The van der Waals surface area contributed by atoms with Crippen LogP contribution in [0.2, 0.25) is 0 Å². The van der Waals surface area contributed by atoms with E-state index in [1.807, 2.05) is 12.1 Å². The fourth-order valence-electron chi connectivity index (χ4n) is 2.22. The fraction of sp³-hybridized carbons (Fsp3) is 0.312. The highest BCUT2D eigenvalue weighted by atomic mass is 35.5. The van der Waals surface area contributed by atoms with Crippen LogP contribution in [-0.2, 0) is 11.2 Å². The van der Waals surface area contributed by atoms with Crippen LogP contribution in [0.3, 0.4) is 0 Å². The van der Waals surface area contributed by atoms with E-state index in [1.54, 1.807) is 0 Å². The second kappa shape index (κ2) is 6.58. The smallest absolute Gasteiger partial charge is 0.304 e. The summed E-state index contributed by atoms with van der Waals surface area (Å²) in [5, 5.41) is 8.33. The zero-order valence-corrected chi connectivity index (χ0v) is 11.4. The van der Waals surface area contributed by atoms with E-state index in [9.17, 15) is 4.79 Å². The summed E-state index contributed by atoms with van der Waals surface area (Å²) in [6.45, 7) is 0. The lowest BCUT2D eigenvalue weighted by Gasteiger charge is -2.11. The summed E-state index contributed by atoms with van der Waals surface area (Å²) in [6, 6.07) is 8.24. The molecule has 1 aliphatic carbocycles. The summed E-state index contributed by atoms with van der Waals surface area (Å²) in [5.74, 6) is -0.851. The summed E-state index contributed by atoms with van der Waals surface area (Å²) >= 11 is 6.00.